The average Bonchev–Trinajstić information content (AvgIpc) is 2.96. The molecule has 0 radical (unpaired) electrons. The number of ether oxygens (including phenoxy) is 1. The zero-order valence-corrected chi connectivity index (χ0v) is 19.1. The Morgan fingerprint density at radius 2 is 1.96 bits per heavy atom. The van der Waals surface area contributed by atoms with Crippen molar-refractivity contribution in [2.45, 2.75) is 82.7 Å². The molecule has 3 nitrogen and oxygen atoms in total. The molecule has 4 aliphatic rings. The summed E-state index contributed by atoms with van der Waals surface area (Å²) in [7, 11) is -1.97. The normalized spacial score (nSPS) is 38.0. The molecule has 2 bridgehead atoms. The van der Waals surface area contributed by atoms with Crippen molar-refractivity contribution in [1.82, 2.24) is 0 Å². The van der Waals surface area contributed by atoms with Gasteiger partial charge in [-0.25, -0.2) is 0 Å². The van der Waals surface area contributed by atoms with Gasteiger partial charge in [-0.05, 0) is 66.8 Å². The third kappa shape index (κ3) is 2.25. The summed E-state index contributed by atoms with van der Waals surface area (Å²) >= 11 is 0. The van der Waals surface area contributed by atoms with E-state index in [0.717, 1.165) is 30.3 Å². The first-order valence-electron chi connectivity index (χ1n) is 10.9. The van der Waals surface area contributed by atoms with Gasteiger partial charge >= 0.3 is 0 Å². The number of hydrogen-bond donors (Lipinski definition) is 1. The Bertz CT molecular complexity index is 852. The maximum absolute atomic E-state index is 10.9. The Kier molecular flexibility index (Phi) is 3.79. The first-order chi connectivity index (χ1) is 13.1. The summed E-state index contributed by atoms with van der Waals surface area (Å²) in [4.78, 5) is 0. The Labute approximate surface area is 170 Å². The largest absolute Gasteiger partial charge is 0.541 e. The Balaban J connectivity index is 1.67. The molecule has 1 saturated carbocycles. The smallest absolute Gasteiger partial charge is 0.250 e. The van der Waals surface area contributed by atoms with Gasteiger partial charge in [0.25, 0.3) is 8.32 Å². The van der Waals surface area contributed by atoms with Crippen LogP contribution in [0.5, 0.6) is 11.5 Å². The highest BCUT2D eigenvalue weighted by Crippen LogP contribution is 2.65. The lowest BCUT2D eigenvalue weighted by atomic mass is 9.48. The molecule has 4 heteroatoms. The van der Waals surface area contributed by atoms with Crippen molar-refractivity contribution >= 4 is 8.32 Å². The summed E-state index contributed by atoms with van der Waals surface area (Å²) in [6, 6.07) is 4.43. The fourth-order valence-electron chi connectivity index (χ4n) is 6.10. The van der Waals surface area contributed by atoms with E-state index in [2.05, 4.69) is 59.0 Å². The highest BCUT2D eigenvalue weighted by molar-refractivity contribution is 6.74. The van der Waals surface area contributed by atoms with Gasteiger partial charge in [-0.3, -0.25) is 0 Å². The van der Waals surface area contributed by atoms with Crippen LogP contribution in [0.1, 0.15) is 51.7 Å². The number of hydrogen-bond acceptors (Lipinski definition) is 3. The van der Waals surface area contributed by atoms with Crippen LogP contribution in [0.3, 0.4) is 0 Å². The second kappa shape index (κ2) is 5.66. The van der Waals surface area contributed by atoms with Crippen molar-refractivity contribution in [2.75, 3.05) is 0 Å². The van der Waals surface area contributed by atoms with Crippen molar-refractivity contribution in [1.29, 1.82) is 0 Å². The minimum atomic E-state index is -1.97. The SMILES string of the molecule is CC1CC[C@]23c4c5ccc(O[Si](C)(C)C(C)(C)C)c4OC2C(O)C=CC3[C@H]1C5. The monoisotopic (exact) mass is 398 g/mol. The summed E-state index contributed by atoms with van der Waals surface area (Å²) in [5.74, 6) is 3.68. The van der Waals surface area contributed by atoms with Crippen LogP contribution in [0.4, 0.5) is 0 Å². The first-order valence-corrected chi connectivity index (χ1v) is 13.9. The van der Waals surface area contributed by atoms with Crippen LogP contribution in [0.15, 0.2) is 24.3 Å². The number of benzene rings is 1. The maximum Gasteiger partial charge on any atom is 0.250 e. The van der Waals surface area contributed by atoms with Gasteiger partial charge in [0.05, 0.1) is 0 Å². The van der Waals surface area contributed by atoms with Crippen molar-refractivity contribution in [3.05, 3.63) is 35.4 Å². The van der Waals surface area contributed by atoms with Gasteiger partial charge in [0.2, 0.25) is 0 Å². The Morgan fingerprint density at radius 3 is 2.68 bits per heavy atom. The molecule has 0 amide bonds. The third-order valence-electron chi connectivity index (χ3n) is 8.68. The summed E-state index contributed by atoms with van der Waals surface area (Å²) in [5.41, 5.74) is 2.72. The molecule has 1 aromatic rings. The minimum Gasteiger partial charge on any atom is -0.541 e. The molecule has 1 heterocycles. The van der Waals surface area contributed by atoms with Gasteiger partial charge in [0, 0.05) is 11.0 Å². The summed E-state index contributed by atoms with van der Waals surface area (Å²) in [6.45, 7) is 13.8. The highest BCUT2D eigenvalue weighted by atomic mass is 28.4. The molecule has 1 aliphatic heterocycles. The van der Waals surface area contributed by atoms with Gasteiger partial charge in [-0.15, -0.1) is 0 Å². The van der Waals surface area contributed by atoms with Crippen molar-refractivity contribution in [2.24, 2.45) is 17.8 Å². The molecule has 1 aromatic carbocycles. The van der Waals surface area contributed by atoms with Crippen LogP contribution >= 0.6 is 0 Å². The Morgan fingerprint density at radius 1 is 1.21 bits per heavy atom. The van der Waals surface area contributed by atoms with Crippen LogP contribution < -0.4 is 9.16 Å². The molecule has 4 unspecified atom stereocenters. The molecular formula is C24H34O3Si. The quantitative estimate of drug-likeness (QED) is 0.548. The zero-order valence-electron chi connectivity index (χ0n) is 18.1. The van der Waals surface area contributed by atoms with E-state index in [0.29, 0.717) is 11.8 Å². The van der Waals surface area contributed by atoms with Crippen LogP contribution in [0.25, 0.3) is 0 Å². The van der Waals surface area contributed by atoms with E-state index in [4.69, 9.17) is 9.16 Å². The number of rotatable bonds is 2. The van der Waals surface area contributed by atoms with Crippen LogP contribution in [-0.2, 0) is 11.8 Å². The fourth-order valence-corrected chi connectivity index (χ4v) is 7.11. The molecule has 152 valence electrons. The number of allylic oxidation sites excluding steroid dienone is 1. The maximum atomic E-state index is 10.9. The number of aliphatic hydroxyl groups is 1. The highest BCUT2D eigenvalue weighted by Gasteiger charge is 2.64. The predicted molar refractivity (Wildman–Crippen MR) is 115 cm³/mol. The van der Waals surface area contributed by atoms with Gasteiger partial charge in [-0.1, -0.05) is 45.9 Å². The third-order valence-corrected chi connectivity index (χ3v) is 13.0. The molecule has 6 atom stereocenters. The van der Waals surface area contributed by atoms with Gasteiger partial charge < -0.3 is 14.3 Å². The molecule has 1 spiro atoms. The van der Waals surface area contributed by atoms with Gasteiger partial charge in [-0.2, -0.15) is 0 Å². The lowest BCUT2D eigenvalue weighted by molar-refractivity contribution is -0.0400. The first kappa shape index (κ1) is 18.7. The van der Waals surface area contributed by atoms with Gasteiger partial charge in [0.15, 0.2) is 5.75 Å². The average molecular weight is 399 g/mol. The summed E-state index contributed by atoms with van der Waals surface area (Å²) in [5, 5.41) is 11.0. The fraction of sp³-hybridized carbons (Fsp3) is 0.667. The molecular weight excluding hydrogens is 364 g/mol. The van der Waals surface area contributed by atoms with E-state index in [-0.39, 0.29) is 16.6 Å². The van der Waals surface area contributed by atoms with Crippen molar-refractivity contribution in [3.8, 4) is 11.5 Å². The van der Waals surface area contributed by atoms with E-state index >= 15 is 0 Å². The molecule has 1 N–H and O–H groups in total. The lowest BCUT2D eigenvalue weighted by Crippen LogP contribution is -2.59. The van der Waals surface area contributed by atoms with Crippen molar-refractivity contribution < 1.29 is 14.3 Å². The van der Waals surface area contributed by atoms with E-state index in [1.54, 1.807) is 0 Å². The second-order valence-electron chi connectivity index (χ2n) is 11.2. The topological polar surface area (TPSA) is 38.7 Å². The molecule has 1 fully saturated rings. The van der Waals surface area contributed by atoms with E-state index < -0.39 is 14.4 Å². The molecule has 0 saturated heterocycles. The molecule has 28 heavy (non-hydrogen) atoms. The summed E-state index contributed by atoms with van der Waals surface area (Å²) in [6.07, 6.45) is 7.03. The zero-order chi connectivity index (χ0) is 20.1. The van der Waals surface area contributed by atoms with E-state index in [1.807, 2.05) is 6.08 Å². The minimum absolute atomic E-state index is 0.0684. The predicted octanol–water partition coefficient (Wildman–Crippen LogP) is 5.22. The van der Waals surface area contributed by atoms with Gasteiger partial charge in [0.1, 0.15) is 18.0 Å². The van der Waals surface area contributed by atoms with E-state index in [9.17, 15) is 5.11 Å². The summed E-state index contributed by atoms with van der Waals surface area (Å²) < 4.78 is 13.3. The molecule has 0 aromatic heterocycles. The van der Waals surface area contributed by atoms with Crippen LogP contribution in [0.2, 0.25) is 18.1 Å². The Hall–Kier alpha value is -1.26. The van der Waals surface area contributed by atoms with Crippen molar-refractivity contribution in [3.63, 3.8) is 0 Å². The second-order valence-corrected chi connectivity index (χ2v) is 15.9. The van der Waals surface area contributed by atoms with Crippen LogP contribution in [-0.4, -0.2) is 25.6 Å². The number of aliphatic hydroxyl groups excluding tert-OH is 1. The van der Waals surface area contributed by atoms with Crippen LogP contribution in [0, 0.1) is 17.8 Å². The molecule has 3 aliphatic carbocycles. The molecule has 5 rings (SSSR count). The lowest BCUT2D eigenvalue weighted by Gasteiger charge is -2.55. The van der Waals surface area contributed by atoms with E-state index in [1.165, 1.54) is 17.5 Å². The standard InChI is InChI=1S/C24H34O3Si/c1-14-11-12-24-17-8-9-18(25)22(24)26-21-19(27-28(5,6)23(2,3)4)10-7-15(20(21)24)13-16(14)17/h7-10,14,16-18,22,25H,11-13H2,1-6H3/t14?,16-,17?,18?,22?,24-/m0/s1.